The molecule has 0 spiro atoms. The minimum atomic E-state index is -5.28. The summed E-state index contributed by atoms with van der Waals surface area (Å²) < 4.78 is 73.7. The first kappa shape index (κ1) is 21.3. The van der Waals surface area contributed by atoms with E-state index in [0.717, 1.165) is 0 Å². The minimum Gasteiger partial charge on any atom is -0.445 e. The van der Waals surface area contributed by atoms with Crippen molar-refractivity contribution in [1.29, 1.82) is 0 Å². The molecule has 0 atom stereocenters. The van der Waals surface area contributed by atoms with Crippen molar-refractivity contribution in [2.45, 2.75) is 26.5 Å². The maximum atomic E-state index is 13.1. The molecule has 2 nitrogen and oxygen atoms in total. The predicted molar refractivity (Wildman–Crippen MR) is 75.8 cm³/mol. The Morgan fingerprint density at radius 3 is 1.85 bits per heavy atom. The van der Waals surface area contributed by atoms with E-state index >= 15 is 0 Å². The first-order valence-electron chi connectivity index (χ1n) is 5.26. The average molecular weight is 448 g/mol. The van der Waals surface area contributed by atoms with Crippen molar-refractivity contribution in [2.24, 2.45) is 0 Å². The first-order valence-corrected chi connectivity index (χ1v) is 7.89. The predicted octanol–water partition coefficient (Wildman–Crippen LogP) is 0.0742. The van der Waals surface area contributed by atoms with Gasteiger partial charge in [0.1, 0.15) is 5.75 Å². The monoisotopic (exact) mass is 448 g/mol. The van der Waals surface area contributed by atoms with Crippen molar-refractivity contribution in [3.63, 3.8) is 0 Å². The summed E-state index contributed by atoms with van der Waals surface area (Å²) in [6.45, 7) is -1.27. The maximum absolute atomic E-state index is 13.1. The molecule has 20 heavy (non-hydrogen) atoms. The second-order valence-electron chi connectivity index (χ2n) is 4.34. The molecule has 1 aromatic carbocycles. The Morgan fingerprint density at radius 1 is 1.05 bits per heavy atom. The second kappa shape index (κ2) is 7.26. The molecule has 108 valence electrons. The molecule has 0 aliphatic carbocycles. The zero-order valence-electron chi connectivity index (χ0n) is 11.4. The molecule has 0 saturated heterocycles. The van der Waals surface area contributed by atoms with E-state index in [1.165, 1.54) is 20.8 Å². The fourth-order valence-electron chi connectivity index (χ4n) is 2.14. The van der Waals surface area contributed by atoms with Crippen LogP contribution in [0.4, 0.5) is 16.8 Å². The van der Waals surface area contributed by atoms with Crippen molar-refractivity contribution in [1.82, 2.24) is 0 Å². The fraction of sp³-hybridized carbons (Fsp3) is 0.400. The van der Waals surface area contributed by atoms with Crippen molar-refractivity contribution < 1.29 is 76.6 Å². The Hall–Kier alpha value is 1.32. The fourth-order valence-corrected chi connectivity index (χ4v) is 3.53. The Kier molecular flexibility index (Phi) is 7.74. The molecule has 0 fully saturated rings. The molecular weight excluding hydrogens is 437 g/mol. The molecule has 1 rings (SSSR count). The van der Waals surface area contributed by atoms with Crippen LogP contribution in [0.3, 0.4) is 0 Å². The average Bonchev–Trinajstić information content (AvgIpc) is 2.18. The van der Waals surface area contributed by atoms with E-state index < -0.39 is 28.4 Å². The Bertz CT molecular complexity index is 631. The molecule has 0 aliphatic heterocycles. The van der Waals surface area contributed by atoms with Gasteiger partial charge < -0.3 is 12.9 Å². The van der Waals surface area contributed by atoms with Crippen LogP contribution >= 0.6 is 22.6 Å². The molecule has 0 amide bonds. The molecule has 0 heterocycles. The first-order chi connectivity index (χ1) is 8.36. The molecule has 0 saturated carbocycles. The Labute approximate surface area is 171 Å². The van der Waals surface area contributed by atoms with Crippen LogP contribution in [0.5, 0.6) is 0 Å². The Morgan fingerprint density at radius 2 is 1.50 bits per heavy atom. The summed E-state index contributed by atoms with van der Waals surface area (Å²) in [4.78, 5) is 0. The van der Waals surface area contributed by atoms with Crippen molar-refractivity contribution in [3.05, 3.63) is 25.8 Å². The third kappa shape index (κ3) is 4.92. The van der Waals surface area contributed by atoms with E-state index in [1.807, 2.05) is 0 Å². The molecule has 1 aromatic rings. The van der Waals surface area contributed by atoms with E-state index in [9.17, 15) is 25.3 Å². The Balaban J connectivity index is 0.00000361. The van der Waals surface area contributed by atoms with Crippen LogP contribution in [0.2, 0.25) is 0 Å². The summed E-state index contributed by atoms with van der Waals surface area (Å²) in [5.41, 5.74) is -0.701. The van der Waals surface area contributed by atoms with Crippen molar-refractivity contribution in [2.75, 3.05) is 0 Å². The van der Waals surface area contributed by atoms with Crippen LogP contribution in [0.25, 0.3) is 0 Å². The summed E-state index contributed by atoms with van der Waals surface area (Å²) in [5, 5.41) is 0. The molecular formula is C10H11BF4IKO2S. The van der Waals surface area contributed by atoms with E-state index in [2.05, 4.69) is 0 Å². The van der Waals surface area contributed by atoms with Crippen molar-refractivity contribution >= 4 is 45.3 Å². The summed E-state index contributed by atoms with van der Waals surface area (Å²) in [7, 11) is -4.88. The van der Waals surface area contributed by atoms with E-state index in [0.29, 0.717) is 9.13 Å². The SMILES string of the molecule is Cc1c(I)c(C)c([B-](F)(F)F)c(C)c1CS(=O)(=O)F.[K+]. The minimum absolute atomic E-state index is 0. The molecule has 0 unspecified atom stereocenters. The number of hydrogen-bond acceptors (Lipinski definition) is 2. The van der Waals surface area contributed by atoms with Crippen LogP contribution < -0.4 is 56.8 Å². The molecule has 0 aromatic heterocycles. The summed E-state index contributed by atoms with van der Waals surface area (Å²) in [5.74, 6) is -1.03. The van der Waals surface area contributed by atoms with Gasteiger partial charge in [-0.2, -0.15) is 8.42 Å². The third-order valence-corrected chi connectivity index (χ3v) is 5.27. The smallest absolute Gasteiger partial charge is 0.445 e. The van der Waals surface area contributed by atoms with E-state index in [-0.39, 0.29) is 68.1 Å². The molecule has 0 aliphatic rings. The van der Waals surface area contributed by atoms with Crippen LogP contribution in [0, 0.1) is 24.3 Å². The second-order valence-corrected chi connectivity index (χ2v) is 6.78. The van der Waals surface area contributed by atoms with Gasteiger partial charge in [0.15, 0.2) is 0 Å². The summed E-state index contributed by atoms with van der Waals surface area (Å²) in [6, 6.07) is 0. The number of halogens is 5. The molecule has 10 heteroatoms. The van der Waals surface area contributed by atoms with Crippen LogP contribution in [0.1, 0.15) is 22.3 Å². The van der Waals surface area contributed by atoms with Crippen molar-refractivity contribution in [3.8, 4) is 0 Å². The van der Waals surface area contributed by atoms with Gasteiger partial charge in [0.05, 0.1) is 0 Å². The van der Waals surface area contributed by atoms with Gasteiger partial charge in [0, 0.05) is 3.57 Å². The van der Waals surface area contributed by atoms with E-state index in [4.69, 9.17) is 0 Å². The van der Waals surface area contributed by atoms with Gasteiger partial charge in [-0.3, -0.25) is 0 Å². The zero-order chi connectivity index (χ0) is 15.2. The topological polar surface area (TPSA) is 34.1 Å². The summed E-state index contributed by atoms with van der Waals surface area (Å²) >= 11 is 1.72. The van der Waals surface area contributed by atoms with Gasteiger partial charge in [-0.1, -0.05) is 11.1 Å². The van der Waals surface area contributed by atoms with Gasteiger partial charge in [-0.05, 0) is 54.5 Å². The number of rotatable bonds is 3. The maximum Gasteiger partial charge on any atom is 1.00 e. The van der Waals surface area contributed by atoms with Crippen LogP contribution in [0.15, 0.2) is 0 Å². The van der Waals surface area contributed by atoms with Gasteiger partial charge >= 0.3 is 68.6 Å². The van der Waals surface area contributed by atoms with Gasteiger partial charge in [0.25, 0.3) is 0 Å². The molecule has 0 radical (unpaired) electrons. The zero-order valence-corrected chi connectivity index (χ0v) is 17.5. The van der Waals surface area contributed by atoms with Crippen LogP contribution in [-0.2, 0) is 16.0 Å². The van der Waals surface area contributed by atoms with E-state index in [1.54, 1.807) is 22.6 Å². The quantitative estimate of drug-likeness (QED) is 0.284. The summed E-state index contributed by atoms with van der Waals surface area (Å²) in [6.07, 6.45) is 0. The largest absolute Gasteiger partial charge is 1.00 e. The molecule has 0 bridgehead atoms. The van der Waals surface area contributed by atoms with Gasteiger partial charge in [-0.25, -0.2) is 0 Å². The number of benzene rings is 1. The molecule has 0 N–H and O–H groups in total. The normalized spacial score (nSPS) is 12.2. The van der Waals surface area contributed by atoms with Crippen LogP contribution in [-0.4, -0.2) is 15.4 Å². The number of hydrogen-bond donors (Lipinski definition) is 0. The standard InChI is InChI=1S/C10H11BF4IO2S.K/c1-5-8(4-19(15,17)18)6(2)10(16)7(3)9(5)11(12,13)14;/h4H2,1-3H3;/q-1;+1. The van der Waals surface area contributed by atoms with Gasteiger partial charge in [0.2, 0.25) is 0 Å². The van der Waals surface area contributed by atoms with Gasteiger partial charge in [-0.15, -0.1) is 9.35 Å². The third-order valence-electron chi connectivity index (χ3n) is 3.02.